The summed E-state index contributed by atoms with van der Waals surface area (Å²) in [5, 5.41) is 0. The summed E-state index contributed by atoms with van der Waals surface area (Å²) in [6, 6.07) is 24.0. The third kappa shape index (κ3) is 2.51. The van der Waals surface area contributed by atoms with E-state index in [0.29, 0.717) is 0 Å². The Labute approximate surface area is 175 Å². The predicted molar refractivity (Wildman–Crippen MR) is 122 cm³/mol. The van der Waals surface area contributed by atoms with Gasteiger partial charge in [-0.05, 0) is 0 Å². The molecular weight excluding hydrogens is 478 g/mol. The first-order chi connectivity index (χ1) is 13.4. The van der Waals surface area contributed by atoms with Crippen LogP contribution in [0.2, 0.25) is 13.1 Å². The number of hydrogen-bond donors (Lipinski definition) is 0. The molecule has 0 radical (unpaired) electrons. The van der Waals surface area contributed by atoms with Gasteiger partial charge in [0.1, 0.15) is 0 Å². The van der Waals surface area contributed by atoms with Gasteiger partial charge in [0.25, 0.3) is 0 Å². The number of hydrogen-bond acceptors (Lipinski definition) is 0. The zero-order valence-electron chi connectivity index (χ0n) is 16.0. The number of allylic oxidation sites excluding steroid dienone is 1. The zero-order valence-corrected chi connectivity index (χ0v) is 21.0. The molecule has 0 fully saturated rings. The molecule has 0 N–H and O–H groups in total. The van der Waals surface area contributed by atoms with Crippen molar-refractivity contribution < 1.29 is 15.0 Å². The Hall–Kier alpha value is -0.920. The topological polar surface area (TPSA) is 0 Å². The van der Waals surface area contributed by atoms with Crippen LogP contribution in [0.4, 0.5) is 0 Å². The second-order valence-electron chi connectivity index (χ2n) is 8.21. The minimum atomic E-state index is -4.41. The van der Waals surface area contributed by atoms with Crippen LogP contribution in [0, 0.1) is 0 Å². The van der Waals surface area contributed by atoms with E-state index in [-0.39, 0.29) is 3.63 Å². The fourth-order valence-electron chi connectivity index (χ4n) is 5.03. The summed E-state index contributed by atoms with van der Waals surface area (Å²) in [6.45, 7) is 4.65. The summed E-state index contributed by atoms with van der Waals surface area (Å²) in [5.74, 6) is 0. The Kier molecular flexibility index (Phi) is 4.45. The van der Waals surface area contributed by atoms with E-state index in [0.717, 1.165) is 6.42 Å². The zero-order chi connectivity index (χ0) is 19.5. The third-order valence-corrected chi connectivity index (χ3v) is 51.5. The second kappa shape index (κ2) is 6.54. The molecule has 5 rings (SSSR count). The molecule has 3 aromatic rings. The second-order valence-corrected chi connectivity index (χ2v) is 46.1. The Balaban J connectivity index is 1.81. The van der Waals surface area contributed by atoms with Crippen molar-refractivity contribution in [2.24, 2.45) is 0 Å². The molecule has 1 atom stereocenters. The maximum absolute atomic E-state index is 7.88. The van der Waals surface area contributed by atoms with E-state index in [1.807, 2.05) is 0 Å². The Morgan fingerprint density at radius 2 is 1.57 bits per heavy atom. The van der Waals surface area contributed by atoms with Crippen molar-refractivity contribution in [3.63, 3.8) is 0 Å². The summed E-state index contributed by atoms with van der Waals surface area (Å²) >= 11 is -4.41. The third-order valence-electron chi connectivity index (χ3n) is 6.61. The van der Waals surface area contributed by atoms with Crippen LogP contribution in [-0.2, 0) is 21.4 Å². The normalized spacial score (nSPS) is 17.2. The van der Waals surface area contributed by atoms with Crippen LogP contribution in [0.3, 0.4) is 0 Å². The van der Waals surface area contributed by atoms with Gasteiger partial charge in [-0.15, -0.1) is 0 Å². The van der Waals surface area contributed by atoms with Gasteiger partial charge in [0.05, 0.1) is 0 Å². The van der Waals surface area contributed by atoms with Gasteiger partial charge >= 0.3 is 176 Å². The van der Waals surface area contributed by atoms with Crippen molar-refractivity contribution in [2.45, 2.75) is 23.1 Å². The fraction of sp³-hybridized carbons (Fsp3) is 0.167. The van der Waals surface area contributed by atoms with Gasteiger partial charge < -0.3 is 0 Å². The average molecular weight is 501 g/mol. The van der Waals surface area contributed by atoms with Gasteiger partial charge in [-0.25, -0.2) is 0 Å². The molecule has 0 heterocycles. The van der Waals surface area contributed by atoms with Crippen LogP contribution in [0.5, 0.6) is 0 Å². The summed E-state index contributed by atoms with van der Waals surface area (Å²) in [7, 11) is 15.8. The number of benzene rings is 3. The van der Waals surface area contributed by atoms with Crippen LogP contribution in [0.15, 0.2) is 72.8 Å². The van der Waals surface area contributed by atoms with Crippen LogP contribution < -0.4 is 3.27 Å². The standard InChI is InChI=1S/C13H9.C9H7.C2H6Si.2ClH.Zr/c1-3-7-12-10(5-1)9-11-6-2-4-8-13(11)12;1-2-5-9-7-3-6-8(9)4-1;1-3-2;;;/h1-5,7-8H,9H2;1-7H;1-2H3;2*1H;/q;;;;;+2/p-2. The Bertz CT molecular complexity index is 1230. The van der Waals surface area contributed by atoms with Crippen molar-refractivity contribution in [2.75, 3.05) is 0 Å². The van der Waals surface area contributed by atoms with Crippen LogP contribution in [-0.4, -0.2) is 5.43 Å². The number of halogens is 2. The molecule has 28 heavy (non-hydrogen) atoms. The molecule has 0 saturated carbocycles. The first-order valence-electron chi connectivity index (χ1n) is 9.77. The molecule has 0 aromatic heterocycles. The number of rotatable bonds is 2. The molecule has 0 aliphatic heterocycles. The molecule has 140 valence electrons. The monoisotopic (exact) mass is 498 g/mol. The Morgan fingerprint density at radius 1 is 0.857 bits per heavy atom. The van der Waals surface area contributed by atoms with E-state index < -0.39 is 20.4 Å². The van der Waals surface area contributed by atoms with Crippen molar-refractivity contribution in [1.29, 1.82) is 0 Å². The molecule has 2 aliphatic rings. The van der Waals surface area contributed by atoms with Gasteiger partial charge in [0, 0.05) is 0 Å². The van der Waals surface area contributed by atoms with E-state index in [1.54, 1.807) is 0 Å². The summed E-state index contributed by atoms with van der Waals surface area (Å²) in [6.07, 6.45) is 5.47. The van der Waals surface area contributed by atoms with E-state index in [9.17, 15) is 0 Å². The quantitative estimate of drug-likeness (QED) is 0.263. The van der Waals surface area contributed by atoms with Gasteiger partial charge in [-0.2, -0.15) is 0 Å². The first kappa shape index (κ1) is 19.1. The van der Waals surface area contributed by atoms with E-state index >= 15 is 0 Å². The van der Waals surface area contributed by atoms with E-state index in [4.69, 9.17) is 17.0 Å². The van der Waals surface area contributed by atoms with Crippen molar-refractivity contribution >= 4 is 31.8 Å². The van der Waals surface area contributed by atoms with Gasteiger partial charge in [0.15, 0.2) is 0 Å². The molecule has 0 saturated heterocycles. The SMILES string of the molecule is C[Si](C)=[Zr]([Cl])([Cl])([c]1cccc2c1Cc1ccccc1-2)[CH]1C=Cc2ccccc21. The van der Waals surface area contributed by atoms with Crippen molar-refractivity contribution in [1.82, 2.24) is 0 Å². The molecule has 0 bridgehead atoms. The van der Waals surface area contributed by atoms with Crippen LogP contribution in [0.25, 0.3) is 17.2 Å². The molecule has 3 aromatic carbocycles. The van der Waals surface area contributed by atoms with Gasteiger partial charge in [-0.1, -0.05) is 0 Å². The minimum absolute atomic E-state index is 0.153. The van der Waals surface area contributed by atoms with Gasteiger partial charge in [0.2, 0.25) is 0 Å². The average Bonchev–Trinajstić information content (AvgIpc) is 3.30. The van der Waals surface area contributed by atoms with Crippen LogP contribution >= 0.6 is 17.0 Å². The summed E-state index contributed by atoms with van der Waals surface area (Å²) < 4.78 is 1.45. The maximum atomic E-state index is 7.88. The predicted octanol–water partition coefficient (Wildman–Crippen LogP) is 6.90. The summed E-state index contributed by atoms with van der Waals surface area (Å²) in [4.78, 5) is 0. The number of fused-ring (bicyclic) bond motifs is 4. The van der Waals surface area contributed by atoms with E-state index in [1.165, 1.54) is 36.7 Å². The molecule has 0 nitrogen and oxygen atoms in total. The summed E-state index contributed by atoms with van der Waals surface area (Å²) in [5.41, 5.74) is 7.06. The first-order valence-corrected chi connectivity index (χ1v) is 24.9. The Morgan fingerprint density at radius 3 is 2.39 bits per heavy atom. The van der Waals surface area contributed by atoms with E-state index in [2.05, 4.69) is 92.0 Å². The fourth-order valence-corrected chi connectivity index (χ4v) is 28.7. The van der Waals surface area contributed by atoms with Crippen molar-refractivity contribution in [3.05, 3.63) is 95.1 Å². The van der Waals surface area contributed by atoms with Gasteiger partial charge in [-0.3, -0.25) is 0 Å². The molecule has 0 amide bonds. The molecule has 0 spiro atoms. The molecule has 2 aliphatic carbocycles. The van der Waals surface area contributed by atoms with Crippen LogP contribution in [0.1, 0.15) is 25.9 Å². The molecular formula is C24H22Cl2SiZr. The molecule has 4 heteroatoms. The molecule has 1 unspecified atom stereocenters. The van der Waals surface area contributed by atoms with Crippen molar-refractivity contribution in [3.8, 4) is 11.1 Å².